The molecular weight excluding hydrogens is 280 g/mol. The molecule has 2 heterocycles. The van der Waals surface area contributed by atoms with E-state index in [2.05, 4.69) is 40.2 Å². The van der Waals surface area contributed by atoms with Crippen molar-refractivity contribution in [2.24, 2.45) is 5.92 Å². The minimum atomic E-state index is -0.220. The lowest BCUT2D eigenvalue weighted by Gasteiger charge is -2.17. The summed E-state index contributed by atoms with van der Waals surface area (Å²) in [7, 11) is 0. The third-order valence-corrected chi connectivity index (χ3v) is 4.16. The molecule has 1 fully saturated rings. The fourth-order valence-corrected chi connectivity index (χ4v) is 2.74. The highest BCUT2D eigenvalue weighted by molar-refractivity contribution is 5.95. The summed E-state index contributed by atoms with van der Waals surface area (Å²) < 4.78 is 1.81. The molecular formula is C15H20N6O. The largest absolute Gasteiger partial charge is 0.325 e. The highest BCUT2D eigenvalue weighted by Crippen LogP contribution is 2.19. The SMILES string of the molecule is CCC1NNC(C(=O)Nc2ccc(-n3cnnc3)cc2)C1C. The topological polar surface area (TPSA) is 83.9 Å². The minimum absolute atomic E-state index is 0.0204. The number of hydrogen-bond donors (Lipinski definition) is 3. The fourth-order valence-electron chi connectivity index (χ4n) is 2.74. The summed E-state index contributed by atoms with van der Waals surface area (Å²) in [6.07, 6.45) is 4.26. The maximum atomic E-state index is 12.4. The van der Waals surface area contributed by atoms with Gasteiger partial charge < -0.3 is 5.32 Å². The molecule has 0 aliphatic carbocycles. The van der Waals surface area contributed by atoms with E-state index in [0.717, 1.165) is 17.8 Å². The maximum absolute atomic E-state index is 12.4. The Morgan fingerprint density at radius 1 is 1.23 bits per heavy atom. The molecule has 1 aliphatic heterocycles. The van der Waals surface area contributed by atoms with Gasteiger partial charge in [0.15, 0.2) is 0 Å². The van der Waals surface area contributed by atoms with Crippen LogP contribution in [0.25, 0.3) is 5.69 Å². The number of carbonyl (C=O) groups excluding carboxylic acids is 1. The van der Waals surface area contributed by atoms with Crippen molar-refractivity contribution >= 4 is 11.6 Å². The lowest BCUT2D eigenvalue weighted by molar-refractivity contribution is -0.118. The van der Waals surface area contributed by atoms with Gasteiger partial charge in [-0.3, -0.25) is 14.8 Å². The van der Waals surface area contributed by atoms with E-state index in [1.54, 1.807) is 12.7 Å². The quantitative estimate of drug-likeness (QED) is 0.787. The van der Waals surface area contributed by atoms with Gasteiger partial charge in [0.05, 0.1) is 0 Å². The molecule has 3 N–H and O–H groups in total. The molecule has 1 aliphatic rings. The number of aromatic nitrogens is 3. The van der Waals surface area contributed by atoms with Crippen LogP contribution < -0.4 is 16.2 Å². The van der Waals surface area contributed by atoms with Gasteiger partial charge in [0.1, 0.15) is 18.7 Å². The molecule has 3 rings (SSSR count). The Morgan fingerprint density at radius 2 is 1.91 bits per heavy atom. The monoisotopic (exact) mass is 300 g/mol. The molecule has 7 heteroatoms. The van der Waals surface area contributed by atoms with Crippen LogP contribution in [0, 0.1) is 5.92 Å². The minimum Gasteiger partial charge on any atom is -0.325 e. The van der Waals surface area contributed by atoms with E-state index in [4.69, 9.17) is 0 Å². The lowest BCUT2D eigenvalue weighted by Crippen LogP contribution is -2.41. The molecule has 2 aromatic rings. The number of rotatable bonds is 4. The summed E-state index contributed by atoms with van der Waals surface area (Å²) >= 11 is 0. The number of amides is 1. The molecule has 1 aromatic heterocycles. The van der Waals surface area contributed by atoms with Crippen LogP contribution in [0.4, 0.5) is 5.69 Å². The van der Waals surface area contributed by atoms with Crippen molar-refractivity contribution in [3.05, 3.63) is 36.9 Å². The Bertz CT molecular complexity index is 624. The van der Waals surface area contributed by atoms with Gasteiger partial charge in [0, 0.05) is 17.4 Å². The average Bonchev–Trinajstić information content (AvgIpc) is 3.17. The van der Waals surface area contributed by atoms with E-state index in [9.17, 15) is 4.79 Å². The van der Waals surface area contributed by atoms with Crippen molar-refractivity contribution in [3.63, 3.8) is 0 Å². The van der Waals surface area contributed by atoms with Gasteiger partial charge in [-0.25, -0.2) is 5.43 Å². The summed E-state index contributed by atoms with van der Waals surface area (Å²) in [6, 6.07) is 7.68. The van der Waals surface area contributed by atoms with Crippen molar-refractivity contribution in [1.82, 2.24) is 25.6 Å². The number of hydrazine groups is 1. The Hall–Kier alpha value is -2.25. The first kappa shape index (κ1) is 14.7. The summed E-state index contributed by atoms with van der Waals surface area (Å²) in [5, 5.41) is 10.5. The normalized spacial score (nSPS) is 24.4. The third kappa shape index (κ3) is 2.86. The Labute approximate surface area is 129 Å². The molecule has 1 aromatic carbocycles. The van der Waals surface area contributed by atoms with E-state index in [1.165, 1.54) is 0 Å². The van der Waals surface area contributed by atoms with Gasteiger partial charge in [0.2, 0.25) is 5.91 Å². The maximum Gasteiger partial charge on any atom is 0.243 e. The zero-order chi connectivity index (χ0) is 15.5. The second-order valence-corrected chi connectivity index (χ2v) is 5.55. The van der Waals surface area contributed by atoms with E-state index < -0.39 is 0 Å². The van der Waals surface area contributed by atoms with Crippen LogP contribution in [0.1, 0.15) is 20.3 Å². The van der Waals surface area contributed by atoms with Crippen LogP contribution in [0.2, 0.25) is 0 Å². The van der Waals surface area contributed by atoms with Gasteiger partial charge in [-0.2, -0.15) is 0 Å². The first-order valence-electron chi connectivity index (χ1n) is 7.46. The highest BCUT2D eigenvalue weighted by Gasteiger charge is 2.35. The summed E-state index contributed by atoms with van der Waals surface area (Å²) in [6.45, 7) is 4.19. The second kappa shape index (κ2) is 6.25. The predicted molar refractivity (Wildman–Crippen MR) is 83.3 cm³/mol. The molecule has 3 unspecified atom stereocenters. The molecule has 22 heavy (non-hydrogen) atoms. The number of carbonyl (C=O) groups is 1. The molecule has 1 saturated heterocycles. The van der Waals surface area contributed by atoms with Crippen LogP contribution in [0.15, 0.2) is 36.9 Å². The van der Waals surface area contributed by atoms with Crippen molar-refractivity contribution in [1.29, 1.82) is 0 Å². The number of hydrogen-bond acceptors (Lipinski definition) is 5. The Balaban J connectivity index is 1.65. The van der Waals surface area contributed by atoms with E-state index in [0.29, 0.717) is 6.04 Å². The second-order valence-electron chi connectivity index (χ2n) is 5.55. The molecule has 0 saturated carbocycles. The lowest BCUT2D eigenvalue weighted by atomic mass is 9.94. The van der Waals surface area contributed by atoms with Crippen LogP contribution in [0.3, 0.4) is 0 Å². The van der Waals surface area contributed by atoms with Crippen molar-refractivity contribution in [3.8, 4) is 5.69 Å². The number of anilines is 1. The van der Waals surface area contributed by atoms with Crippen molar-refractivity contribution in [2.45, 2.75) is 32.4 Å². The van der Waals surface area contributed by atoms with Gasteiger partial charge >= 0.3 is 0 Å². The first-order valence-corrected chi connectivity index (χ1v) is 7.46. The van der Waals surface area contributed by atoms with Crippen LogP contribution in [0.5, 0.6) is 0 Å². The molecule has 3 atom stereocenters. The van der Waals surface area contributed by atoms with E-state index in [-0.39, 0.29) is 17.9 Å². The molecule has 0 spiro atoms. The zero-order valence-corrected chi connectivity index (χ0v) is 12.7. The number of benzene rings is 1. The van der Waals surface area contributed by atoms with Gasteiger partial charge in [-0.1, -0.05) is 13.8 Å². The van der Waals surface area contributed by atoms with Crippen molar-refractivity contribution in [2.75, 3.05) is 5.32 Å². The van der Waals surface area contributed by atoms with Gasteiger partial charge in [-0.05, 0) is 36.6 Å². The van der Waals surface area contributed by atoms with Crippen LogP contribution in [-0.4, -0.2) is 32.8 Å². The molecule has 116 valence electrons. The molecule has 0 radical (unpaired) electrons. The average molecular weight is 300 g/mol. The summed E-state index contributed by atoms with van der Waals surface area (Å²) in [4.78, 5) is 12.4. The standard InChI is InChI=1S/C15H20N6O/c1-3-13-10(2)14(20-19-13)15(22)18-11-4-6-12(7-5-11)21-8-16-17-9-21/h4-10,13-14,19-20H,3H2,1-2H3,(H,18,22). The van der Waals surface area contributed by atoms with Gasteiger partial charge in [0.25, 0.3) is 0 Å². The van der Waals surface area contributed by atoms with Crippen molar-refractivity contribution < 1.29 is 4.79 Å². The van der Waals surface area contributed by atoms with Gasteiger partial charge in [-0.15, -0.1) is 10.2 Å². The third-order valence-electron chi connectivity index (χ3n) is 4.16. The predicted octanol–water partition coefficient (Wildman–Crippen LogP) is 1.10. The highest BCUT2D eigenvalue weighted by atomic mass is 16.2. The smallest absolute Gasteiger partial charge is 0.243 e. The number of nitrogens with zero attached hydrogens (tertiary/aromatic N) is 3. The Morgan fingerprint density at radius 3 is 2.50 bits per heavy atom. The molecule has 1 amide bonds. The van der Waals surface area contributed by atoms with Crippen LogP contribution in [-0.2, 0) is 4.79 Å². The van der Waals surface area contributed by atoms with Crippen LogP contribution >= 0.6 is 0 Å². The number of nitrogens with one attached hydrogen (secondary N) is 3. The van der Waals surface area contributed by atoms with E-state index >= 15 is 0 Å². The summed E-state index contributed by atoms with van der Waals surface area (Å²) in [5.41, 5.74) is 7.97. The first-order chi connectivity index (χ1) is 10.7. The molecule has 7 nitrogen and oxygen atoms in total. The zero-order valence-electron chi connectivity index (χ0n) is 12.7. The van der Waals surface area contributed by atoms with E-state index in [1.807, 2.05) is 28.8 Å². The molecule has 0 bridgehead atoms. The summed E-state index contributed by atoms with van der Waals surface area (Å²) in [5.74, 6) is 0.231. The fraction of sp³-hybridized carbons (Fsp3) is 0.400. The Kier molecular flexibility index (Phi) is 4.17.